The summed E-state index contributed by atoms with van der Waals surface area (Å²) in [5, 5.41) is 1.81. The highest BCUT2D eigenvalue weighted by Gasteiger charge is 2.18. The summed E-state index contributed by atoms with van der Waals surface area (Å²) in [4.78, 5) is 26.6. The van der Waals surface area contributed by atoms with E-state index in [1.165, 1.54) is 23.6 Å². The van der Waals surface area contributed by atoms with Crippen molar-refractivity contribution in [3.63, 3.8) is 0 Å². The second-order valence-electron chi connectivity index (χ2n) is 4.64. The quantitative estimate of drug-likeness (QED) is 0.270. The van der Waals surface area contributed by atoms with Gasteiger partial charge in [0.25, 0.3) is 5.91 Å². The summed E-state index contributed by atoms with van der Waals surface area (Å²) >= 11 is 4.61. The minimum absolute atomic E-state index is 0. The molecular formula is C13H13Br2N3O4S2. The van der Waals surface area contributed by atoms with Crippen LogP contribution in [-0.2, 0) is 16.6 Å². The Balaban J connectivity index is 0.00000288. The molecule has 11 heteroatoms. The summed E-state index contributed by atoms with van der Waals surface area (Å²) in [6.45, 7) is 0.0692. The zero-order valence-electron chi connectivity index (χ0n) is 12.3. The molecule has 0 radical (unpaired) electrons. The fourth-order valence-electron chi connectivity index (χ4n) is 1.71. The van der Waals surface area contributed by atoms with Gasteiger partial charge >= 0.3 is 0 Å². The Morgan fingerprint density at radius 1 is 1.33 bits per heavy atom. The van der Waals surface area contributed by atoms with Gasteiger partial charge in [-0.15, -0.1) is 16.2 Å². The van der Waals surface area contributed by atoms with Crippen LogP contribution in [0.2, 0.25) is 0 Å². The number of thiophene rings is 1. The average Bonchev–Trinajstić information content (AvgIpc) is 2.97. The summed E-state index contributed by atoms with van der Waals surface area (Å²) in [6.07, 6.45) is 4.05. The zero-order valence-corrected chi connectivity index (χ0v) is 17.1. The number of amides is 1. The van der Waals surface area contributed by atoms with E-state index in [1.807, 2.05) is 10.2 Å². The average molecular weight is 499 g/mol. The van der Waals surface area contributed by atoms with Crippen molar-refractivity contribution >= 4 is 49.0 Å². The molecular weight excluding hydrogens is 486 g/mol. The third-order valence-corrected chi connectivity index (χ3v) is 4.44. The molecule has 7 nitrogen and oxygen atoms in total. The van der Waals surface area contributed by atoms with E-state index in [0.717, 1.165) is 6.26 Å². The molecule has 0 aliphatic rings. The van der Waals surface area contributed by atoms with Crippen LogP contribution < -0.4 is 31.8 Å². The highest BCUT2D eigenvalue weighted by atomic mass is 79.9. The summed E-state index contributed by atoms with van der Waals surface area (Å²) in [7, 11) is -3.55. The predicted octanol–water partition coefficient (Wildman–Crippen LogP) is -2.12. The maximum absolute atomic E-state index is 12.1. The van der Waals surface area contributed by atoms with E-state index in [1.54, 1.807) is 22.9 Å². The molecule has 0 fully saturated rings. The number of sulfonamides is 1. The number of nitrogens with zero attached hydrogens (tertiary/aromatic N) is 1. The first-order valence-corrected chi connectivity index (χ1v) is 9.84. The van der Waals surface area contributed by atoms with Crippen LogP contribution in [0.4, 0.5) is 0 Å². The smallest absolute Gasteiger partial charge is 0.272 e. The number of carbonyl (C=O) groups excluding carboxylic acids is 2. The SMILES string of the molecule is CS(=O)(=O)NNC(=O)c1cc(Br)c[n+](CC(=O)c2cccs2)c1.[Br-]. The van der Waals surface area contributed by atoms with Crippen LogP contribution in [0.3, 0.4) is 0 Å². The number of rotatable bonds is 6. The van der Waals surface area contributed by atoms with Crippen LogP contribution in [0, 0.1) is 0 Å². The summed E-state index contributed by atoms with van der Waals surface area (Å²) < 4.78 is 24.1. The van der Waals surface area contributed by atoms with Gasteiger partial charge in [0.1, 0.15) is 5.56 Å². The number of pyridine rings is 1. The van der Waals surface area contributed by atoms with Crippen LogP contribution in [0.15, 0.2) is 40.4 Å². The van der Waals surface area contributed by atoms with Crippen LogP contribution in [0.1, 0.15) is 20.0 Å². The van der Waals surface area contributed by atoms with Gasteiger partial charge in [-0.1, -0.05) is 6.07 Å². The van der Waals surface area contributed by atoms with Gasteiger partial charge in [0.2, 0.25) is 22.4 Å². The molecule has 0 saturated carbocycles. The van der Waals surface area contributed by atoms with Gasteiger partial charge in [0.05, 0.1) is 15.6 Å². The van der Waals surface area contributed by atoms with E-state index in [9.17, 15) is 18.0 Å². The lowest BCUT2D eigenvalue weighted by Gasteiger charge is -2.05. The highest BCUT2D eigenvalue weighted by Crippen LogP contribution is 2.11. The van der Waals surface area contributed by atoms with Crippen molar-refractivity contribution in [2.75, 3.05) is 6.26 Å². The Hall–Kier alpha value is -1.14. The molecule has 2 N–H and O–H groups in total. The van der Waals surface area contributed by atoms with Gasteiger partial charge in [-0.3, -0.25) is 15.0 Å². The number of halogens is 2. The molecule has 24 heavy (non-hydrogen) atoms. The molecule has 0 atom stereocenters. The first-order valence-electron chi connectivity index (χ1n) is 6.28. The maximum atomic E-state index is 12.1. The van der Waals surface area contributed by atoms with Crippen LogP contribution in [-0.4, -0.2) is 26.4 Å². The number of ketones is 1. The van der Waals surface area contributed by atoms with E-state index in [2.05, 4.69) is 21.4 Å². The number of aromatic nitrogens is 1. The van der Waals surface area contributed by atoms with Crippen LogP contribution >= 0.6 is 27.3 Å². The van der Waals surface area contributed by atoms with Gasteiger partial charge < -0.3 is 17.0 Å². The third-order valence-electron chi connectivity index (χ3n) is 2.62. The molecule has 0 unspecified atom stereocenters. The fourth-order valence-corrected chi connectivity index (χ4v) is 3.15. The van der Waals surface area contributed by atoms with Gasteiger partial charge in [0.15, 0.2) is 12.4 Å². The van der Waals surface area contributed by atoms with Crippen molar-refractivity contribution in [3.8, 4) is 0 Å². The maximum Gasteiger partial charge on any atom is 0.272 e. The Bertz CT molecular complexity index is 839. The van der Waals surface area contributed by atoms with Gasteiger partial charge in [-0.05, 0) is 33.4 Å². The van der Waals surface area contributed by atoms with E-state index in [-0.39, 0.29) is 34.9 Å². The number of hydrazine groups is 1. The number of hydrogen-bond acceptors (Lipinski definition) is 5. The Morgan fingerprint density at radius 3 is 2.62 bits per heavy atom. The van der Waals surface area contributed by atoms with Crippen molar-refractivity contribution in [2.24, 2.45) is 0 Å². The second-order valence-corrected chi connectivity index (χ2v) is 8.26. The molecule has 2 aromatic heterocycles. The summed E-state index contributed by atoms with van der Waals surface area (Å²) in [5.41, 5.74) is 2.28. The Morgan fingerprint density at radius 2 is 2.04 bits per heavy atom. The fraction of sp³-hybridized carbons (Fsp3) is 0.154. The van der Waals surface area contributed by atoms with Gasteiger partial charge in [-0.25, -0.2) is 8.42 Å². The van der Waals surface area contributed by atoms with Crippen LogP contribution in [0.25, 0.3) is 0 Å². The summed E-state index contributed by atoms with van der Waals surface area (Å²) in [5.74, 6) is -0.710. The number of nitrogens with one attached hydrogen (secondary N) is 2. The third kappa shape index (κ3) is 6.40. The Labute approximate surface area is 162 Å². The lowest BCUT2D eigenvalue weighted by Crippen LogP contribution is -3.00. The lowest BCUT2D eigenvalue weighted by molar-refractivity contribution is -0.683. The van der Waals surface area contributed by atoms with Crippen molar-refractivity contribution in [1.29, 1.82) is 0 Å². The molecule has 0 spiro atoms. The van der Waals surface area contributed by atoms with E-state index in [4.69, 9.17) is 0 Å². The number of Topliss-reactive ketones (excluding diaryl/α,β-unsaturated/α-hetero) is 1. The predicted molar refractivity (Wildman–Crippen MR) is 88.4 cm³/mol. The van der Waals surface area contributed by atoms with E-state index >= 15 is 0 Å². The minimum atomic E-state index is -3.55. The van der Waals surface area contributed by atoms with Crippen molar-refractivity contribution in [3.05, 3.63) is 50.9 Å². The molecule has 0 bridgehead atoms. The number of hydrogen-bond donors (Lipinski definition) is 2. The normalized spacial score (nSPS) is 10.8. The first-order chi connectivity index (χ1) is 10.7. The van der Waals surface area contributed by atoms with Crippen molar-refractivity contribution in [1.82, 2.24) is 10.3 Å². The van der Waals surface area contributed by atoms with Crippen molar-refractivity contribution in [2.45, 2.75) is 6.54 Å². The topological polar surface area (TPSA) is 96.2 Å². The molecule has 2 heterocycles. The van der Waals surface area contributed by atoms with E-state index < -0.39 is 15.9 Å². The first kappa shape index (κ1) is 20.9. The Kier molecular flexibility index (Phi) is 7.67. The largest absolute Gasteiger partial charge is 1.00 e. The molecule has 0 saturated heterocycles. The van der Waals surface area contributed by atoms with E-state index in [0.29, 0.717) is 9.35 Å². The molecule has 0 aliphatic heterocycles. The van der Waals surface area contributed by atoms with Gasteiger partial charge in [0, 0.05) is 0 Å². The van der Waals surface area contributed by atoms with Crippen LogP contribution in [0.5, 0.6) is 0 Å². The van der Waals surface area contributed by atoms with Crippen molar-refractivity contribution < 1.29 is 39.6 Å². The standard InChI is InChI=1S/C13H12BrN3O4S2.BrH/c1-23(20,21)16-15-13(19)9-5-10(14)7-17(6-9)8-11(18)12-3-2-4-22-12;/h2-7,16H,8H2,1H3;1H. The minimum Gasteiger partial charge on any atom is -1.00 e. The lowest BCUT2D eigenvalue weighted by atomic mass is 10.2. The molecule has 2 rings (SSSR count). The van der Waals surface area contributed by atoms with Gasteiger partial charge in [-0.2, -0.15) is 4.57 Å². The molecule has 0 aliphatic carbocycles. The monoisotopic (exact) mass is 497 g/mol. The molecule has 130 valence electrons. The highest BCUT2D eigenvalue weighted by molar-refractivity contribution is 9.10. The summed E-state index contributed by atoms with van der Waals surface area (Å²) in [6, 6.07) is 5.04. The number of carbonyl (C=O) groups is 2. The molecule has 0 aromatic carbocycles. The zero-order chi connectivity index (χ0) is 17.0. The second kappa shape index (κ2) is 8.81. The molecule has 2 aromatic rings. The molecule has 1 amide bonds.